The minimum absolute atomic E-state index is 0.844. The minimum Gasteiger partial charge on any atom is -0.455 e. The second-order valence-corrected chi connectivity index (χ2v) is 22.8. The van der Waals surface area contributed by atoms with Crippen LogP contribution in [0.2, 0.25) is 19.6 Å². The van der Waals surface area contributed by atoms with Crippen LogP contribution in [-0.2, 0) is 0 Å². The van der Waals surface area contributed by atoms with Gasteiger partial charge in [0, 0.05) is 61.3 Å². The number of para-hydroxylation sites is 4. The Morgan fingerprint density at radius 3 is 1.69 bits per heavy atom. The van der Waals surface area contributed by atoms with Crippen molar-refractivity contribution in [1.82, 2.24) is 0 Å². The van der Waals surface area contributed by atoms with Crippen molar-refractivity contribution in [2.24, 2.45) is 0 Å². The summed E-state index contributed by atoms with van der Waals surface area (Å²) >= 11 is 0. The minimum atomic E-state index is -1.47. The normalized spacial score (nSPS) is 12.0. The lowest BCUT2D eigenvalue weighted by molar-refractivity contribution is 0.669. The van der Waals surface area contributed by atoms with E-state index in [1.165, 1.54) is 10.6 Å². The molecule has 0 atom stereocenters. The Hall–Kier alpha value is -7.86. The van der Waals surface area contributed by atoms with Gasteiger partial charge in [0.2, 0.25) is 0 Å². The summed E-state index contributed by atoms with van der Waals surface area (Å²) < 4.78 is 13.8. The Morgan fingerprint density at radius 1 is 0.344 bits per heavy atom. The van der Waals surface area contributed by atoms with Crippen molar-refractivity contribution < 1.29 is 8.83 Å². The van der Waals surface area contributed by atoms with Crippen LogP contribution >= 0.6 is 0 Å². The number of furan rings is 2. The van der Waals surface area contributed by atoms with Crippen molar-refractivity contribution in [3.05, 3.63) is 212 Å². The molecule has 0 unspecified atom stereocenters. The molecule has 2 heterocycles. The molecule has 0 amide bonds. The van der Waals surface area contributed by atoms with E-state index >= 15 is 0 Å². The highest BCUT2D eigenvalue weighted by Crippen LogP contribution is 2.48. The fourth-order valence-electron chi connectivity index (χ4n) is 9.69. The first-order chi connectivity index (χ1) is 31.4. The fourth-order valence-corrected chi connectivity index (χ4v) is 10.9. The number of rotatable bonds is 8. The first-order valence-electron chi connectivity index (χ1n) is 22.0. The molecule has 64 heavy (non-hydrogen) atoms. The van der Waals surface area contributed by atoms with Gasteiger partial charge in [-0.05, 0) is 94.5 Å². The molecule has 0 bridgehead atoms. The molecular formula is C59H44N2O2Si. The van der Waals surface area contributed by atoms with Gasteiger partial charge in [0.15, 0.2) is 5.58 Å². The number of nitrogens with zero attached hydrogens (tertiary/aromatic N) is 2. The second-order valence-electron chi connectivity index (χ2n) is 17.7. The summed E-state index contributed by atoms with van der Waals surface area (Å²) in [6, 6.07) is 76.1. The lowest BCUT2D eigenvalue weighted by Crippen LogP contribution is -2.37. The van der Waals surface area contributed by atoms with Gasteiger partial charge in [-0.1, -0.05) is 158 Å². The second kappa shape index (κ2) is 14.9. The van der Waals surface area contributed by atoms with Crippen LogP contribution in [-0.4, -0.2) is 8.07 Å². The van der Waals surface area contributed by atoms with Crippen LogP contribution in [0.15, 0.2) is 221 Å². The summed E-state index contributed by atoms with van der Waals surface area (Å²) in [7, 11) is -1.47. The zero-order chi connectivity index (χ0) is 42.9. The molecule has 12 aromatic rings. The van der Waals surface area contributed by atoms with Crippen LogP contribution in [0.1, 0.15) is 0 Å². The molecule has 10 aromatic carbocycles. The molecule has 0 saturated carbocycles. The van der Waals surface area contributed by atoms with Crippen molar-refractivity contribution in [2.45, 2.75) is 19.6 Å². The van der Waals surface area contributed by atoms with Crippen molar-refractivity contribution in [3.8, 4) is 11.1 Å². The van der Waals surface area contributed by atoms with Gasteiger partial charge in [-0.3, -0.25) is 0 Å². The van der Waals surface area contributed by atoms with Gasteiger partial charge in [0.25, 0.3) is 0 Å². The molecule has 0 N–H and O–H groups in total. The third kappa shape index (κ3) is 6.19. The number of fused-ring (bicyclic) bond motifs is 11. The van der Waals surface area contributed by atoms with E-state index in [9.17, 15) is 0 Å². The Bertz CT molecular complexity index is 3720. The summed E-state index contributed by atoms with van der Waals surface area (Å²) in [6.45, 7) is 7.18. The van der Waals surface area contributed by atoms with Gasteiger partial charge in [0.1, 0.15) is 16.7 Å². The van der Waals surface area contributed by atoms with Crippen LogP contribution in [0.25, 0.3) is 76.5 Å². The number of hydrogen-bond donors (Lipinski definition) is 0. The van der Waals surface area contributed by atoms with Crippen molar-refractivity contribution >= 4 is 113 Å². The Labute approximate surface area is 372 Å². The highest BCUT2D eigenvalue weighted by atomic mass is 28.3. The smallest absolute Gasteiger partial charge is 0.159 e. The van der Waals surface area contributed by atoms with E-state index in [0.29, 0.717) is 0 Å². The highest BCUT2D eigenvalue weighted by molar-refractivity contribution is 6.88. The van der Waals surface area contributed by atoms with Crippen molar-refractivity contribution in [3.63, 3.8) is 0 Å². The van der Waals surface area contributed by atoms with E-state index in [1.54, 1.807) is 0 Å². The van der Waals surface area contributed by atoms with Gasteiger partial charge in [-0.2, -0.15) is 0 Å². The van der Waals surface area contributed by atoms with E-state index in [1.807, 2.05) is 6.07 Å². The van der Waals surface area contributed by atoms with Crippen LogP contribution in [0.4, 0.5) is 34.1 Å². The number of hydrogen-bond acceptors (Lipinski definition) is 4. The lowest BCUT2D eigenvalue weighted by atomic mass is 9.95. The van der Waals surface area contributed by atoms with E-state index in [-0.39, 0.29) is 0 Å². The summed E-state index contributed by atoms with van der Waals surface area (Å²) in [5.74, 6) is 0. The molecule has 2 aromatic heterocycles. The maximum absolute atomic E-state index is 7.09. The summed E-state index contributed by atoms with van der Waals surface area (Å²) in [5, 5.41) is 10.4. The van der Waals surface area contributed by atoms with E-state index in [0.717, 1.165) is 105 Å². The average molecular weight is 841 g/mol. The monoisotopic (exact) mass is 840 g/mol. The zero-order valence-corrected chi connectivity index (χ0v) is 36.9. The molecule has 5 heteroatoms. The molecule has 0 aliphatic heterocycles. The predicted molar refractivity (Wildman–Crippen MR) is 274 cm³/mol. The Kier molecular flexibility index (Phi) is 8.82. The van der Waals surface area contributed by atoms with Crippen LogP contribution in [0, 0.1) is 0 Å². The van der Waals surface area contributed by atoms with E-state index in [4.69, 9.17) is 8.83 Å². The topological polar surface area (TPSA) is 32.8 Å². The SMILES string of the molecule is C[Si](C)(C)c1ccc(N(c2ccccc2)c2ccc3c(c2)oc2c4ccc(N(c5ccccc5-c5ccccc5)c5cccc6c5oc5ccccc56)cc4c4ccccc4c32)cc1. The molecule has 0 aliphatic rings. The molecular weight excluding hydrogens is 797 g/mol. The molecule has 12 rings (SSSR count). The third-order valence-electron chi connectivity index (χ3n) is 12.8. The predicted octanol–water partition coefficient (Wildman–Crippen LogP) is 16.9. The Balaban J connectivity index is 1.08. The van der Waals surface area contributed by atoms with E-state index < -0.39 is 8.07 Å². The first-order valence-corrected chi connectivity index (χ1v) is 25.5. The molecule has 0 saturated heterocycles. The van der Waals surface area contributed by atoms with Gasteiger partial charge < -0.3 is 18.6 Å². The fraction of sp³-hybridized carbons (Fsp3) is 0.0508. The Morgan fingerprint density at radius 2 is 0.906 bits per heavy atom. The van der Waals surface area contributed by atoms with E-state index in [2.05, 4.69) is 236 Å². The van der Waals surface area contributed by atoms with Gasteiger partial charge >= 0.3 is 0 Å². The van der Waals surface area contributed by atoms with Crippen LogP contribution in [0.5, 0.6) is 0 Å². The largest absolute Gasteiger partial charge is 0.455 e. The molecule has 0 spiro atoms. The van der Waals surface area contributed by atoms with Crippen molar-refractivity contribution in [2.75, 3.05) is 9.80 Å². The third-order valence-corrected chi connectivity index (χ3v) is 14.8. The molecule has 306 valence electrons. The maximum Gasteiger partial charge on any atom is 0.159 e. The highest BCUT2D eigenvalue weighted by Gasteiger charge is 2.25. The van der Waals surface area contributed by atoms with Gasteiger partial charge in [0.05, 0.1) is 19.4 Å². The molecule has 0 radical (unpaired) electrons. The van der Waals surface area contributed by atoms with Gasteiger partial charge in [-0.15, -0.1) is 0 Å². The summed E-state index contributed by atoms with van der Waals surface area (Å²) in [4.78, 5) is 4.69. The van der Waals surface area contributed by atoms with Crippen LogP contribution < -0.4 is 15.0 Å². The standard InChI is InChI=1S/C59H44N2O2Si/c1-64(2,3)44-33-29-41(30-34-44)60(40-19-8-5-9-20-40)43-32-36-51-56(38-43)63-59-50-35-31-42(37-52(50)46-22-10-11-24-48(46)57(51)59)61(53-26-14-12-21-45(53)39-17-6-4-7-18-39)54-27-16-25-49-47-23-13-15-28-55(47)62-58(49)54/h4-38H,1-3H3. The zero-order valence-electron chi connectivity index (χ0n) is 35.9. The maximum atomic E-state index is 7.09. The summed E-state index contributed by atoms with van der Waals surface area (Å²) in [6.07, 6.45) is 0. The quantitative estimate of drug-likeness (QED) is 0.113. The number of anilines is 6. The van der Waals surface area contributed by atoms with Gasteiger partial charge in [-0.25, -0.2) is 0 Å². The molecule has 0 aliphatic carbocycles. The first kappa shape index (κ1) is 37.9. The number of benzene rings is 10. The summed E-state index contributed by atoms with van der Waals surface area (Å²) in [5.41, 5.74) is 12.0. The van der Waals surface area contributed by atoms with Crippen LogP contribution in [0.3, 0.4) is 0 Å². The average Bonchev–Trinajstić information content (AvgIpc) is 3.92. The van der Waals surface area contributed by atoms with Crippen molar-refractivity contribution in [1.29, 1.82) is 0 Å². The molecule has 0 fully saturated rings. The lowest BCUT2D eigenvalue weighted by Gasteiger charge is -2.28. The molecule has 4 nitrogen and oxygen atoms in total.